The molecule has 0 aliphatic rings. The predicted octanol–water partition coefficient (Wildman–Crippen LogP) is 3.42. The molecule has 0 saturated heterocycles. The maximum Gasteiger partial charge on any atom is 0.315 e. The first kappa shape index (κ1) is 16.3. The van der Waals surface area contributed by atoms with E-state index in [9.17, 15) is 4.79 Å². The molecule has 0 spiro atoms. The van der Waals surface area contributed by atoms with Crippen molar-refractivity contribution in [2.45, 2.75) is 19.4 Å². The van der Waals surface area contributed by atoms with Crippen LogP contribution in [0.2, 0.25) is 5.02 Å². The zero-order valence-corrected chi connectivity index (χ0v) is 14.0. The van der Waals surface area contributed by atoms with Gasteiger partial charge in [-0.3, -0.25) is 0 Å². The number of fused-ring (bicyclic) bond motifs is 1. The molecule has 3 rings (SSSR count). The molecule has 1 aromatic carbocycles. The number of nitrogens with one attached hydrogen (secondary N) is 2. The summed E-state index contributed by atoms with van der Waals surface area (Å²) in [5.74, 6) is 0. The van der Waals surface area contributed by atoms with Crippen molar-refractivity contribution in [3.63, 3.8) is 0 Å². The summed E-state index contributed by atoms with van der Waals surface area (Å²) in [5.41, 5.74) is 2.87. The number of pyridine rings is 1. The van der Waals surface area contributed by atoms with Gasteiger partial charge in [-0.25, -0.2) is 9.78 Å². The fourth-order valence-corrected chi connectivity index (χ4v) is 2.64. The van der Waals surface area contributed by atoms with Crippen LogP contribution in [-0.2, 0) is 13.0 Å². The largest absolute Gasteiger partial charge is 0.338 e. The molecule has 2 aromatic heterocycles. The van der Waals surface area contributed by atoms with Gasteiger partial charge in [-0.1, -0.05) is 41.9 Å². The van der Waals surface area contributed by atoms with Gasteiger partial charge in [0.2, 0.25) is 0 Å². The molecule has 0 aliphatic carbocycles. The Morgan fingerprint density at radius 1 is 1.08 bits per heavy atom. The first-order valence-corrected chi connectivity index (χ1v) is 8.27. The first-order valence-electron chi connectivity index (χ1n) is 7.89. The average molecular weight is 343 g/mol. The van der Waals surface area contributed by atoms with Crippen LogP contribution in [-0.4, -0.2) is 22.0 Å². The van der Waals surface area contributed by atoms with E-state index in [2.05, 4.69) is 27.8 Å². The fraction of sp³-hybridized carbons (Fsp3) is 0.222. The number of aryl methyl sites for hydroxylation is 1. The monoisotopic (exact) mass is 342 g/mol. The number of aromatic nitrogens is 2. The van der Waals surface area contributed by atoms with Crippen LogP contribution in [0.1, 0.15) is 17.7 Å². The van der Waals surface area contributed by atoms with Crippen LogP contribution in [0.4, 0.5) is 4.79 Å². The number of hydrogen-bond donors (Lipinski definition) is 2. The number of urea groups is 1. The highest BCUT2D eigenvalue weighted by Crippen LogP contribution is 2.11. The second-order valence-corrected chi connectivity index (χ2v) is 5.98. The highest BCUT2D eigenvalue weighted by molar-refractivity contribution is 6.30. The summed E-state index contributed by atoms with van der Waals surface area (Å²) in [6.45, 7) is 1.02. The van der Waals surface area contributed by atoms with Gasteiger partial charge in [0.05, 0.1) is 17.3 Å². The van der Waals surface area contributed by atoms with Crippen LogP contribution in [0.15, 0.2) is 54.9 Å². The molecule has 124 valence electrons. The van der Waals surface area contributed by atoms with Gasteiger partial charge in [0.1, 0.15) is 5.65 Å². The fourth-order valence-electron chi connectivity index (χ4n) is 2.47. The Balaban J connectivity index is 1.40. The van der Waals surface area contributed by atoms with Crippen LogP contribution in [0, 0.1) is 0 Å². The normalized spacial score (nSPS) is 10.7. The molecule has 3 aromatic rings. The number of halogens is 1. The lowest BCUT2D eigenvalue weighted by molar-refractivity contribution is 0.240. The van der Waals surface area contributed by atoms with Crippen LogP contribution >= 0.6 is 11.6 Å². The van der Waals surface area contributed by atoms with Crippen molar-refractivity contribution < 1.29 is 4.79 Å². The van der Waals surface area contributed by atoms with Crippen molar-refractivity contribution in [3.05, 3.63) is 71.1 Å². The summed E-state index contributed by atoms with van der Waals surface area (Å²) in [6.07, 6.45) is 5.51. The molecule has 0 radical (unpaired) electrons. The second kappa shape index (κ2) is 7.84. The SMILES string of the molecule is O=C(NCCCc1ccccc1)NCc1cn2cc(Cl)ccc2n1. The van der Waals surface area contributed by atoms with E-state index >= 15 is 0 Å². The van der Waals surface area contributed by atoms with Gasteiger partial charge in [-0.2, -0.15) is 0 Å². The molecule has 0 fully saturated rings. The highest BCUT2D eigenvalue weighted by Gasteiger charge is 2.04. The lowest BCUT2D eigenvalue weighted by Gasteiger charge is -2.06. The maximum absolute atomic E-state index is 11.8. The number of hydrogen-bond acceptors (Lipinski definition) is 2. The average Bonchev–Trinajstić information content (AvgIpc) is 3.00. The van der Waals surface area contributed by atoms with Gasteiger partial charge in [-0.05, 0) is 30.5 Å². The Morgan fingerprint density at radius 3 is 2.75 bits per heavy atom. The van der Waals surface area contributed by atoms with E-state index in [0.717, 1.165) is 24.2 Å². The summed E-state index contributed by atoms with van der Waals surface area (Å²) in [4.78, 5) is 16.2. The summed E-state index contributed by atoms with van der Waals surface area (Å²) >= 11 is 5.94. The van der Waals surface area contributed by atoms with Crippen LogP contribution in [0.5, 0.6) is 0 Å². The Bertz CT molecular complexity index is 816. The Labute approximate surface area is 145 Å². The van der Waals surface area contributed by atoms with Gasteiger partial charge >= 0.3 is 6.03 Å². The van der Waals surface area contributed by atoms with E-state index in [1.165, 1.54) is 5.56 Å². The number of rotatable bonds is 6. The van der Waals surface area contributed by atoms with Gasteiger partial charge in [-0.15, -0.1) is 0 Å². The molecule has 24 heavy (non-hydrogen) atoms. The van der Waals surface area contributed by atoms with Crippen molar-refractivity contribution in [2.24, 2.45) is 0 Å². The van der Waals surface area contributed by atoms with E-state index in [1.807, 2.05) is 34.9 Å². The molecule has 0 saturated carbocycles. The molecule has 2 N–H and O–H groups in total. The van der Waals surface area contributed by atoms with E-state index in [0.29, 0.717) is 18.1 Å². The van der Waals surface area contributed by atoms with Gasteiger partial charge in [0, 0.05) is 18.9 Å². The smallest absolute Gasteiger partial charge is 0.315 e. The van der Waals surface area contributed by atoms with Crippen molar-refractivity contribution in [3.8, 4) is 0 Å². The number of benzene rings is 1. The molecule has 0 bridgehead atoms. The minimum Gasteiger partial charge on any atom is -0.338 e. The minimum atomic E-state index is -0.182. The maximum atomic E-state index is 11.8. The summed E-state index contributed by atoms with van der Waals surface area (Å²) in [6, 6.07) is 13.7. The van der Waals surface area contributed by atoms with Gasteiger partial charge in [0.15, 0.2) is 0 Å². The van der Waals surface area contributed by atoms with Gasteiger partial charge < -0.3 is 15.0 Å². The quantitative estimate of drug-likeness (QED) is 0.674. The molecule has 6 heteroatoms. The van der Waals surface area contributed by atoms with Crippen LogP contribution in [0.3, 0.4) is 0 Å². The Morgan fingerprint density at radius 2 is 1.92 bits per heavy atom. The first-order chi connectivity index (χ1) is 11.7. The molecule has 5 nitrogen and oxygen atoms in total. The molecule has 2 heterocycles. The molecule has 2 amide bonds. The second-order valence-electron chi connectivity index (χ2n) is 5.54. The standard InChI is InChI=1S/C18H19ClN4O/c19-15-8-9-17-22-16(13-23(17)12-15)11-21-18(24)20-10-4-7-14-5-2-1-3-6-14/h1-3,5-6,8-9,12-13H,4,7,10-11H2,(H2,20,21,24). The van der Waals surface area contributed by atoms with Crippen molar-refractivity contribution in [2.75, 3.05) is 6.54 Å². The molecule has 0 unspecified atom stereocenters. The van der Waals surface area contributed by atoms with E-state index < -0.39 is 0 Å². The lowest BCUT2D eigenvalue weighted by atomic mass is 10.1. The summed E-state index contributed by atoms with van der Waals surface area (Å²) < 4.78 is 1.84. The summed E-state index contributed by atoms with van der Waals surface area (Å²) in [7, 11) is 0. The minimum absolute atomic E-state index is 0.182. The number of carbonyl (C=O) groups is 1. The van der Waals surface area contributed by atoms with Gasteiger partial charge in [0.25, 0.3) is 0 Å². The lowest BCUT2D eigenvalue weighted by Crippen LogP contribution is -2.35. The number of imidazole rings is 1. The zero-order valence-electron chi connectivity index (χ0n) is 13.2. The highest BCUT2D eigenvalue weighted by atomic mass is 35.5. The van der Waals surface area contributed by atoms with E-state index in [1.54, 1.807) is 12.3 Å². The van der Waals surface area contributed by atoms with Crippen LogP contribution < -0.4 is 10.6 Å². The zero-order chi connectivity index (χ0) is 16.8. The molecule has 0 atom stereocenters. The molecular weight excluding hydrogens is 324 g/mol. The van der Waals surface area contributed by atoms with Crippen molar-refractivity contribution in [1.82, 2.24) is 20.0 Å². The third kappa shape index (κ3) is 4.49. The van der Waals surface area contributed by atoms with Crippen molar-refractivity contribution in [1.29, 1.82) is 0 Å². The number of amides is 2. The molecular formula is C18H19ClN4O. The Hall–Kier alpha value is -2.53. The molecule has 0 aliphatic heterocycles. The van der Waals surface area contributed by atoms with Crippen molar-refractivity contribution >= 4 is 23.3 Å². The number of carbonyl (C=O) groups excluding carboxylic acids is 1. The van der Waals surface area contributed by atoms with E-state index in [4.69, 9.17) is 11.6 Å². The van der Waals surface area contributed by atoms with E-state index in [-0.39, 0.29) is 6.03 Å². The van der Waals surface area contributed by atoms with Crippen LogP contribution in [0.25, 0.3) is 5.65 Å². The third-order valence-electron chi connectivity index (χ3n) is 3.67. The summed E-state index contributed by atoms with van der Waals surface area (Å²) in [5, 5.41) is 6.32. The topological polar surface area (TPSA) is 58.4 Å². The predicted molar refractivity (Wildman–Crippen MR) is 95.2 cm³/mol. The third-order valence-corrected chi connectivity index (χ3v) is 3.89. The Kier molecular flexibility index (Phi) is 5.33. The number of nitrogens with zero attached hydrogens (tertiary/aromatic N) is 2.